The molecule has 3 rings (SSSR count). The molecular formula is C19H19BrN4O. The van der Waals surface area contributed by atoms with Crippen molar-refractivity contribution in [2.75, 3.05) is 5.43 Å². The third-order valence-electron chi connectivity index (χ3n) is 3.89. The molecule has 6 heteroatoms. The molecule has 25 heavy (non-hydrogen) atoms. The second kappa shape index (κ2) is 6.80. The number of nitrogens with zero attached hydrogens (tertiary/aromatic N) is 2. The topological polar surface area (TPSA) is 79.8 Å². The number of aliphatic imine (C=N–C) groups is 1. The standard InChI is InChI=1S/C19H19BrN4O/c1-19(2)11-12-6-3-4-9-15(12)16(22-19)17(18(21)25)24-23-14-8-5-7-13(20)10-14/h3-10,23H,11H2,1-2H3,(H2,21,25)/b24-17+. The number of halogens is 1. The Morgan fingerprint density at radius 2 is 2.00 bits per heavy atom. The van der Waals surface area contributed by atoms with Gasteiger partial charge in [-0.2, -0.15) is 5.10 Å². The van der Waals surface area contributed by atoms with E-state index in [1.165, 1.54) is 0 Å². The molecule has 0 aromatic heterocycles. The van der Waals surface area contributed by atoms with Crippen LogP contribution in [-0.2, 0) is 11.2 Å². The predicted octanol–water partition coefficient (Wildman–Crippen LogP) is 3.53. The van der Waals surface area contributed by atoms with Gasteiger partial charge < -0.3 is 5.73 Å². The van der Waals surface area contributed by atoms with Crippen molar-refractivity contribution in [3.63, 3.8) is 0 Å². The summed E-state index contributed by atoms with van der Waals surface area (Å²) in [5.41, 5.74) is 11.6. The highest BCUT2D eigenvalue weighted by atomic mass is 79.9. The lowest BCUT2D eigenvalue weighted by atomic mass is 9.85. The Morgan fingerprint density at radius 3 is 2.72 bits per heavy atom. The van der Waals surface area contributed by atoms with Crippen molar-refractivity contribution in [3.05, 3.63) is 64.1 Å². The number of nitrogens with one attached hydrogen (secondary N) is 1. The summed E-state index contributed by atoms with van der Waals surface area (Å²) in [5.74, 6) is -0.617. The van der Waals surface area contributed by atoms with Gasteiger partial charge in [-0.05, 0) is 44.0 Å². The maximum Gasteiger partial charge on any atom is 0.271 e. The van der Waals surface area contributed by atoms with Crippen molar-refractivity contribution < 1.29 is 4.79 Å². The molecule has 128 valence electrons. The zero-order valence-corrected chi connectivity index (χ0v) is 15.7. The first-order chi connectivity index (χ1) is 11.9. The Balaban J connectivity index is 2.03. The van der Waals surface area contributed by atoms with Crippen LogP contribution in [0, 0.1) is 0 Å². The minimum Gasteiger partial charge on any atom is -0.364 e. The number of hydrazone groups is 1. The highest BCUT2D eigenvalue weighted by Gasteiger charge is 2.30. The average molecular weight is 399 g/mol. The number of nitrogens with two attached hydrogens (primary N) is 1. The number of hydrogen-bond donors (Lipinski definition) is 2. The maximum absolute atomic E-state index is 12.1. The summed E-state index contributed by atoms with van der Waals surface area (Å²) in [7, 11) is 0. The third kappa shape index (κ3) is 3.96. The van der Waals surface area contributed by atoms with Crippen LogP contribution in [0.5, 0.6) is 0 Å². The number of primary amides is 1. The quantitative estimate of drug-likeness (QED) is 0.610. The van der Waals surface area contributed by atoms with Crippen LogP contribution in [0.3, 0.4) is 0 Å². The fourth-order valence-corrected chi connectivity index (χ4v) is 3.26. The van der Waals surface area contributed by atoms with Gasteiger partial charge in [0.15, 0.2) is 5.71 Å². The molecule has 0 unspecified atom stereocenters. The van der Waals surface area contributed by atoms with E-state index in [4.69, 9.17) is 10.7 Å². The molecule has 5 nitrogen and oxygen atoms in total. The van der Waals surface area contributed by atoms with Crippen molar-refractivity contribution in [3.8, 4) is 0 Å². The Kier molecular flexibility index (Phi) is 4.72. The van der Waals surface area contributed by atoms with E-state index in [-0.39, 0.29) is 11.3 Å². The molecule has 0 atom stereocenters. The first kappa shape index (κ1) is 17.4. The van der Waals surface area contributed by atoms with E-state index in [1.54, 1.807) is 0 Å². The Hall–Kier alpha value is -2.47. The van der Waals surface area contributed by atoms with E-state index >= 15 is 0 Å². The summed E-state index contributed by atoms with van der Waals surface area (Å²) in [4.78, 5) is 16.8. The predicted molar refractivity (Wildman–Crippen MR) is 105 cm³/mol. The summed E-state index contributed by atoms with van der Waals surface area (Å²) in [6.45, 7) is 4.06. The normalized spacial score (nSPS) is 16.0. The van der Waals surface area contributed by atoms with Crippen LogP contribution in [0.4, 0.5) is 5.69 Å². The van der Waals surface area contributed by atoms with E-state index in [2.05, 4.69) is 26.5 Å². The van der Waals surface area contributed by atoms with Gasteiger partial charge in [0.1, 0.15) is 0 Å². The average Bonchev–Trinajstić information content (AvgIpc) is 2.53. The zero-order chi connectivity index (χ0) is 18.0. The molecular weight excluding hydrogens is 380 g/mol. The second-order valence-electron chi connectivity index (χ2n) is 6.55. The summed E-state index contributed by atoms with van der Waals surface area (Å²) in [6, 6.07) is 15.4. The van der Waals surface area contributed by atoms with Gasteiger partial charge in [0.05, 0.1) is 16.9 Å². The van der Waals surface area contributed by atoms with Crippen molar-refractivity contribution in [2.45, 2.75) is 25.8 Å². The van der Waals surface area contributed by atoms with E-state index in [1.807, 2.05) is 62.4 Å². The number of amides is 1. The van der Waals surface area contributed by atoms with E-state index < -0.39 is 5.91 Å². The summed E-state index contributed by atoms with van der Waals surface area (Å²) >= 11 is 3.41. The molecule has 3 N–H and O–H groups in total. The summed E-state index contributed by atoms with van der Waals surface area (Å²) < 4.78 is 0.912. The van der Waals surface area contributed by atoms with Gasteiger partial charge in [-0.3, -0.25) is 15.2 Å². The van der Waals surface area contributed by atoms with Gasteiger partial charge in [0.2, 0.25) is 0 Å². The van der Waals surface area contributed by atoms with Crippen molar-refractivity contribution in [2.24, 2.45) is 15.8 Å². The van der Waals surface area contributed by atoms with Gasteiger partial charge in [-0.25, -0.2) is 0 Å². The van der Waals surface area contributed by atoms with Crippen LogP contribution in [0.15, 0.2) is 63.1 Å². The molecule has 0 aliphatic carbocycles. The monoisotopic (exact) mass is 398 g/mol. The molecule has 2 aromatic rings. The lowest BCUT2D eigenvalue weighted by Crippen LogP contribution is -2.38. The number of carbonyl (C=O) groups is 1. The van der Waals surface area contributed by atoms with Crippen molar-refractivity contribution in [1.82, 2.24) is 0 Å². The molecule has 0 saturated carbocycles. The van der Waals surface area contributed by atoms with Crippen LogP contribution < -0.4 is 11.2 Å². The Labute approximate surface area is 155 Å². The van der Waals surface area contributed by atoms with Crippen molar-refractivity contribution in [1.29, 1.82) is 0 Å². The molecule has 0 saturated heterocycles. The number of anilines is 1. The molecule has 2 aromatic carbocycles. The van der Waals surface area contributed by atoms with Crippen molar-refractivity contribution >= 4 is 38.9 Å². The van der Waals surface area contributed by atoms with Crippen LogP contribution in [0.1, 0.15) is 25.0 Å². The molecule has 0 fully saturated rings. The third-order valence-corrected chi connectivity index (χ3v) is 4.38. The Bertz CT molecular complexity index is 886. The maximum atomic E-state index is 12.1. The fraction of sp³-hybridized carbons (Fsp3) is 0.211. The molecule has 1 aliphatic heterocycles. The molecule has 0 radical (unpaired) electrons. The minimum atomic E-state index is -0.617. The van der Waals surface area contributed by atoms with E-state index in [0.29, 0.717) is 5.71 Å². The number of fused-ring (bicyclic) bond motifs is 1. The minimum absolute atomic E-state index is 0.125. The lowest BCUT2D eigenvalue weighted by Gasteiger charge is -2.28. The summed E-state index contributed by atoms with van der Waals surface area (Å²) in [6.07, 6.45) is 0.803. The first-order valence-electron chi connectivity index (χ1n) is 7.93. The second-order valence-corrected chi connectivity index (χ2v) is 7.47. The molecule has 1 amide bonds. The largest absolute Gasteiger partial charge is 0.364 e. The van der Waals surface area contributed by atoms with Crippen LogP contribution in [-0.4, -0.2) is 22.9 Å². The first-order valence-corrected chi connectivity index (χ1v) is 8.73. The molecule has 1 heterocycles. The number of carbonyl (C=O) groups excluding carboxylic acids is 1. The number of rotatable bonds is 4. The highest BCUT2D eigenvalue weighted by Crippen LogP contribution is 2.27. The summed E-state index contributed by atoms with van der Waals surface area (Å²) in [5, 5.41) is 4.26. The fourth-order valence-electron chi connectivity index (χ4n) is 2.86. The van der Waals surface area contributed by atoms with E-state index in [0.717, 1.165) is 27.7 Å². The Morgan fingerprint density at radius 1 is 1.24 bits per heavy atom. The van der Waals surface area contributed by atoms with Gasteiger partial charge in [0, 0.05) is 10.0 Å². The molecule has 0 bridgehead atoms. The van der Waals surface area contributed by atoms with Gasteiger partial charge in [0.25, 0.3) is 5.91 Å². The van der Waals surface area contributed by atoms with Crippen LogP contribution in [0.25, 0.3) is 0 Å². The molecule has 0 spiro atoms. The zero-order valence-electron chi connectivity index (χ0n) is 14.1. The number of benzene rings is 2. The van der Waals surface area contributed by atoms with E-state index in [9.17, 15) is 4.79 Å². The van der Waals surface area contributed by atoms with Gasteiger partial charge >= 0.3 is 0 Å². The van der Waals surface area contributed by atoms with Crippen LogP contribution >= 0.6 is 15.9 Å². The lowest BCUT2D eigenvalue weighted by molar-refractivity contribution is -0.111. The van der Waals surface area contributed by atoms with Crippen LogP contribution in [0.2, 0.25) is 0 Å². The molecule has 1 aliphatic rings. The smallest absolute Gasteiger partial charge is 0.271 e. The SMILES string of the molecule is CC1(C)Cc2ccccc2C(/C(=N\Nc2cccc(Br)c2)C(N)=O)=N1. The van der Waals surface area contributed by atoms with Gasteiger partial charge in [-0.15, -0.1) is 0 Å². The van der Waals surface area contributed by atoms with Gasteiger partial charge in [-0.1, -0.05) is 46.3 Å². The number of hydrogen-bond acceptors (Lipinski definition) is 4. The highest BCUT2D eigenvalue weighted by molar-refractivity contribution is 9.10.